The van der Waals surface area contributed by atoms with Gasteiger partial charge in [-0.3, -0.25) is 14.4 Å². The molecular formula is C19H22N4O4. The van der Waals surface area contributed by atoms with E-state index in [-0.39, 0.29) is 23.2 Å². The fourth-order valence-corrected chi connectivity index (χ4v) is 2.27. The second-order valence-corrected chi connectivity index (χ2v) is 5.73. The Kier molecular flexibility index (Phi) is 7.45. The minimum Gasteiger partial charge on any atom is -0.385 e. The molecule has 1 aromatic carbocycles. The van der Waals surface area contributed by atoms with Gasteiger partial charge in [-0.05, 0) is 36.8 Å². The van der Waals surface area contributed by atoms with Crippen LogP contribution in [0.1, 0.15) is 34.3 Å². The van der Waals surface area contributed by atoms with Crippen molar-refractivity contribution in [3.63, 3.8) is 0 Å². The van der Waals surface area contributed by atoms with Crippen molar-refractivity contribution in [1.82, 2.24) is 10.3 Å². The van der Waals surface area contributed by atoms with Gasteiger partial charge in [0.2, 0.25) is 5.91 Å². The first-order valence-corrected chi connectivity index (χ1v) is 8.43. The molecule has 0 fully saturated rings. The number of aromatic nitrogens is 1. The van der Waals surface area contributed by atoms with Gasteiger partial charge in [0.05, 0.1) is 0 Å². The van der Waals surface area contributed by atoms with Crippen LogP contribution in [0, 0.1) is 0 Å². The highest BCUT2D eigenvalue weighted by Gasteiger charge is 2.12. The summed E-state index contributed by atoms with van der Waals surface area (Å²) in [6.45, 7) is 2.41. The van der Waals surface area contributed by atoms with Gasteiger partial charge in [0, 0.05) is 38.6 Å². The fraction of sp³-hybridized carbons (Fsp3) is 0.263. The highest BCUT2D eigenvalue weighted by atomic mass is 16.5. The van der Waals surface area contributed by atoms with Crippen molar-refractivity contribution in [2.45, 2.75) is 13.3 Å². The van der Waals surface area contributed by atoms with Gasteiger partial charge in [0.25, 0.3) is 11.8 Å². The molecule has 0 bridgehead atoms. The summed E-state index contributed by atoms with van der Waals surface area (Å²) >= 11 is 0. The maximum Gasteiger partial charge on any atom is 0.274 e. The minimum atomic E-state index is -0.455. The van der Waals surface area contributed by atoms with Crippen molar-refractivity contribution in [3.05, 3.63) is 53.9 Å². The van der Waals surface area contributed by atoms with E-state index in [1.54, 1.807) is 43.5 Å². The Bertz CT molecular complexity index is 823. The predicted octanol–water partition coefficient (Wildman–Crippen LogP) is 2.06. The molecule has 0 aliphatic rings. The number of nitrogens with zero attached hydrogens (tertiary/aromatic N) is 1. The van der Waals surface area contributed by atoms with Gasteiger partial charge in [0.15, 0.2) is 0 Å². The number of carbonyl (C=O) groups excluding carboxylic acids is 3. The number of benzene rings is 1. The Balaban J connectivity index is 2.02. The molecule has 0 unspecified atom stereocenters. The normalized spacial score (nSPS) is 10.1. The molecule has 1 aromatic heterocycles. The third kappa shape index (κ3) is 6.52. The van der Waals surface area contributed by atoms with Gasteiger partial charge in [-0.1, -0.05) is 12.1 Å². The van der Waals surface area contributed by atoms with Crippen molar-refractivity contribution in [1.29, 1.82) is 0 Å². The highest BCUT2D eigenvalue weighted by molar-refractivity contribution is 6.04. The summed E-state index contributed by atoms with van der Waals surface area (Å²) in [5, 5.41) is 8.06. The molecule has 8 heteroatoms. The molecule has 8 nitrogen and oxygen atoms in total. The van der Waals surface area contributed by atoms with E-state index >= 15 is 0 Å². The largest absolute Gasteiger partial charge is 0.385 e. The van der Waals surface area contributed by atoms with Crippen molar-refractivity contribution in [2.24, 2.45) is 0 Å². The van der Waals surface area contributed by atoms with Gasteiger partial charge in [0.1, 0.15) is 11.4 Å². The van der Waals surface area contributed by atoms with Crippen molar-refractivity contribution < 1.29 is 19.1 Å². The lowest BCUT2D eigenvalue weighted by molar-refractivity contribution is -0.114. The van der Waals surface area contributed by atoms with Crippen LogP contribution in [0.3, 0.4) is 0 Å². The van der Waals surface area contributed by atoms with Crippen LogP contribution in [0.2, 0.25) is 0 Å². The molecule has 2 aromatic rings. The molecule has 0 saturated heterocycles. The van der Waals surface area contributed by atoms with E-state index in [0.717, 1.165) is 0 Å². The van der Waals surface area contributed by atoms with Crippen LogP contribution < -0.4 is 16.0 Å². The van der Waals surface area contributed by atoms with E-state index in [2.05, 4.69) is 20.9 Å². The monoisotopic (exact) mass is 370 g/mol. The molecule has 0 atom stereocenters. The van der Waals surface area contributed by atoms with E-state index < -0.39 is 5.91 Å². The molecule has 0 spiro atoms. The maximum atomic E-state index is 12.4. The Labute approximate surface area is 157 Å². The standard InChI is InChI=1S/C19H22N4O4/c1-13(24)21-14-6-3-7-15(12-14)22-19(26)17-9-4-8-16(23-17)18(25)20-10-5-11-27-2/h3-4,6-9,12H,5,10-11H2,1-2H3,(H,20,25)(H,21,24)(H,22,26). The zero-order valence-corrected chi connectivity index (χ0v) is 15.2. The van der Waals surface area contributed by atoms with Crippen LogP contribution >= 0.6 is 0 Å². The van der Waals surface area contributed by atoms with E-state index in [1.165, 1.54) is 13.0 Å². The number of methoxy groups -OCH3 is 1. The smallest absolute Gasteiger partial charge is 0.274 e. The summed E-state index contributed by atoms with van der Waals surface area (Å²) < 4.78 is 4.92. The van der Waals surface area contributed by atoms with E-state index in [9.17, 15) is 14.4 Å². The average Bonchev–Trinajstić information content (AvgIpc) is 2.65. The highest BCUT2D eigenvalue weighted by Crippen LogP contribution is 2.16. The number of hydrogen-bond donors (Lipinski definition) is 3. The Morgan fingerprint density at radius 2 is 1.59 bits per heavy atom. The van der Waals surface area contributed by atoms with Crippen molar-refractivity contribution in [3.8, 4) is 0 Å². The fourth-order valence-electron chi connectivity index (χ4n) is 2.27. The number of rotatable bonds is 8. The number of carbonyl (C=O) groups is 3. The van der Waals surface area contributed by atoms with Crippen molar-refractivity contribution >= 4 is 29.1 Å². The van der Waals surface area contributed by atoms with Gasteiger partial charge >= 0.3 is 0 Å². The molecule has 3 amide bonds. The summed E-state index contributed by atoms with van der Waals surface area (Å²) in [7, 11) is 1.59. The number of hydrogen-bond acceptors (Lipinski definition) is 5. The van der Waals surface area contributed by atoms with Gasteiger partial charge in [-0.25, -0.2) is 4.98 Å². The number of pyridine rings is 1. The summed E-state index contributed by atoms with van der Waals surface area (Å²) in [5.74, 6) is -1.01. The van der Waals surface area contributed by atoms with E-state index in [4.69, 9.17) is 4.74 Å². The number of anilines is 2. The van der Waals surface area contributed by atoms with Gasteiger partial charge < -0.3 is 20.7 Å². The molecule has 0 radical (unpaired) electrons. The van der Waals surface area contributed by atoms with Gasteiger partial charge in [-0.2, -0.15) is 0 Å². The molecule has 0 saturated carbocycles. The van der Waals surface area contributed by atoms with Crippen LogP contribution in [-0.2, 0) is 9.53 Å². The predicted molar refractivity (Wildman–Crippen MR) is 102 cm³/mol. The Morgan fingerprint density at radius 3 is 2.26 bits per heavy atom. The first kappa shape index (κ1) is 20.1. The molecule has 0 aliphatic heterocycles. The molecule has 3 N–H and O–H groups in total. The van der Waals surface area contributed by atoms with Crippen LogP contribution in [0.5, 0.6) is 0 Å². The topological polar surface area (TPSA) is 109 Å². The quantitative estimate of drug-likeness (QED) is 0.616. The second-order valence-electron chi connectivity index (χ2n) is 5.73. The summed E-state index contributed by atoms with van der Waals surface area (Å²) in [5.41, 5.74) is 1.34. The third-order valence-electron chi connectivity index (χ3n) is 3.47. The van der Waals surface area contributed by atoms with Gasteiger partial charge in [-0.15, -0.1) is 0 Å². The summed E-state index contributed by atoms with van der Waals surface area (Å²) in [4.78, 5) is 39.8. The van der Waals surface area contributed by atoms with Crippen LogP contribution in [-0.4, -0.2) is 43.0 Å². The Hall–Kier alpha value is -3.26. The molecule has 27 heavy (non-hydrogen) atoms. The first-order valence-electron chi connectivity index (χ1n) is 8.43. The number of ether oxygens (including phenoxy) is 1. The first-order chi connectivity index (χ1) is 13.0. The van der Waals surface area contributed by atoms with E-state index in [1.807, 2.05) is 0 Å². The minimum absolute atomic E-state index is 0.115. The number of nitrogens with one attached hydrogen (secondary N) is 3. The zero-order valence-electron chi connectivity index (χ0n) is 15.2. The molecule has 2 rings (SSSR count). The third-order valence-corrected chi connectivity index (χ3v) is 3.47. The zero-order chi connectivity index (χ0) is 19.6. The maximum absolute atomic E-state index is 12.4. The second kappa shape index (κ2) is 10.0. The summed E-state index contributed by atoms with van der Waals surface area (Å²) in [6.07, 6.45) is 0.688. The average molecular weight is 370 g/mol. The van der Waals surface area contributed by atoms with E-state index in [0.29, 0.717) is 30.9 Å². The van der Waals surface area contributed by atoms with Crippen LogP contribution in [0.15, 0.2) is 42.5 Å². The lowest BCUT2D eigenvalue weighted by Crippen LogP contribution is -2.27. The summed E-state index contributed by atoms with van der Waals surface area (Å²) in [6, 6.07) is 11.4. The van der Waals surface area contributed by atoms with Crippen LogP contribution in [0.4, 0.5) is 11.4 Å². The molecule has 142 valence electrons. The molecule has 1 heterocycles. The van der Waals surface area contributed by atoms with Crippen molar-refractivity contribution in [2.75, 3.05) is 30.9 Å². The Morgan fingerprint density at radius 1 is 0.963 bits per heavy atom. The lowest BCUT2D eigenvalue weighted by atomic mass is 10.2. The lowest BCUT2D eigenvalue weighted by Gasteiger charge is -2.09. The van der Waals surface area contributed by atoms with Crippen LogP contribution in [0.25, 0.3) is 0 Å². The number of amides is 3. The molecule has 0 aliphatic carbocycles. The molecular weight excluding hydrogens is 348 g/mol. The SMILES string of the molecule is COCCCNC(=O)c1cccc(C(=O)Nc2cccc(NC(C)=O)c2)n1.